The standard InChI is InChI=1S/C43H55N5O6Si/c1-29(2)11-9-12-30(3)20-25-48-37-19-14-33(47-23-10-13-39(53-6)41(47)50)27-36(37)43(42(48)51)31(4)40(55(7,8)35-17-15-34(52-5)16-18-35)38(54-43)21-24-46-28-32(22-26-49)44-45-46/h10-11,13-20,23,27-28,31,38,40,49H,9,12,21-22,24-26H2,1-8H3/b30-20+/t31-,38+,40-,43+/m0/s1. The Morgan fingerprint density at radius 1 is 1.04 bits per heavy atom. The van der Waals surface area contributed by atoms with Gasteiger partial charge in [-0.3, -0.25) is 18.8 Å². The predicted molar refractivity (Wildman–Crippen MR) is 218 cm³/mol. The number of aliphatic hydroxyl groups excluding tert-OH is 1. The van der Waals surface area contributed by atoms with Crippen molar-refractivity contribution in [1.82, 2.24) is 19.6 Å². The number of aromatic nitrogens is 4. The summed E-state index contributed by atoms with van der Waals surface area (Å²) in [5.41, 5.74) is 3.85. The summed E-state index contributed by atoms with van der Waals surface area (Å²) >= 11 is 0. The lowest BCUT2D eigenvalue weighted by Crippen LogP contribution is -2.52. The third-order valence-electron chi connectivity index (χ3n) is 11.5. The van der Waals surface area contributed by atoms with E-state index in [4.69, 9.17) is 14.2 Å². The van der Waals surface area contributed by atoms with Crippen molar-refractivity contribution in [3.63, 3.8) is 0 Å². The lowest BCUT2D eigenvalue weighted by Gasteiger charge is -2.37. The first-order valence-corrected chi connectivity index (χ1v) is 22.3. The second-order valence-corrected chi connectivity index (χ2v) is 20.3. The van der Waals surface area contributed by atoms with Crippen LogP contribution in [-0.2, 0) is 28.1 Å². The molecule has 1 spiro atoms. The molecule has 292 valence electrons. The lowest BCUT2D eigenvalue weighted by atomic mass is 9.82. The van der Waals surface area contributed by atoms with Crippen LogP contribution < -0.4 is 25.1 Å². The molecule has 6 rings (SSSR count). The van der Waals surface area contributed by atoms with E-state index < -0.39 is 13.7 Å². The van der Waals surface area contributed by atoms with Crippen molar-refractivity contribution in [1.29, 1.82) is 0 Å². The van der Waals surface area contributed by atoms with Crippen LogP contribution in [-0.4, -0.2) is 72.1 Å². The van der Waals surface area contributed by atoms with Crippen molar-refractivity contribution in [2.24, 2.45) is 5.92 Å². The average molecular weight is 766 g/mol. The van der Waals surface area contributed by atoms with Crippen LogP contribution in [0.5, 0.6) is 11.5 Å². The van der Waals surface area contributed by atoms with Crippen LogP contribution in [0, 0.1) is 5.92 Å². The van der Waals surface area contributed by atoms with Crippen molar-refractivity contribution in [3.05, 3.63) is 112 Å². The molecular weight excluding hydrogens is 711 g/mol. The fourth-order valence-corrected chi connectivity index (χ4v) is 12.7. The zero-order valence-electron chi connectivity index (χ0n) is 33.4. The van der Waals surface area contributed by atoms with Gasteiger partial charge >= 0.3 is 0 Å². The number of methoxy groups -OCH3 is 2. The van der Waals surface area contributed by atoms with Crippen molar-refractivity contribution in [2.45, 2.75) is 90.3 Å². The molecular formula is C43H55N5O6Si. The van der Waals surface area contributed by atoms with E-state index in [1.807, 2.05) is 41.4 Å². The van der Waals surface area contributed by atoms with Crippen molar-refractivity contribution < 1.29 is 24.1 Å². The first kappa shape index (κ1) is 39.9. The molecule has 1 saturated heterocycles. The zero-order chi connectivity index (χ0) is 39.5. The fourth-order valence-electron chi connectivity index (χ4n) is 8.61. The minimum atomic E-state index is -2.40. The Kier molecular flexibility index (Phi) is 12.0. The van der Waals surface area contributed by atoms with Gasteiger partial charge in [0.05, 0.1) is 39.8 Å². The first-order chi connectivity index (χ1) is 26.3. The highest BCUT2D eigenvalue weighted by Gasteiger charge is 2.66. The largest absolute Gasteiger partial charge is 0.497 e. The highest BCUT2D eigenvalue weighted by atomic mass is 28.3. The number of benzene rings is 2. The minimum Gasteiger partial charge on any atom is -0.497 e. The molecule has 1 fully saturated rings. The summed E-state index contributed by atoms with van der Waals surface area (Å²) in [6.07, 6.45) is 10.6. The van der Waals surface area contributed by atoms with E-state index in [1.165, 1.54) is 23.4 Å². The Morgan fingerprint density at radius 3 is 2.49 bits per heavy atom. The van der Waals surface area contributed by atoms with Gasteiger partial charge in [0.15, 0.2) is 11.4 Å². The number of hydrogen-bond donors (Lipinski definition) is 1. The molecule has 55 heavy (non-hydrogen) atoms. The number of pyridine rings is 1. The summed E-state index contributed by atoms with van der Waals surface area (Å²) in [6.45, 7) is 14.2. The van der Waals surface area contributed by atoms with Crippen LogP contribution in [0.25, 0.3) is 5.69 Å². The number of aliphatic hydroxyl groups is 1. The Morgan fingerprint density at radius 2 is 1.80 bits per heavy atom. The number of carbonyl (C=O) groups is 1. The lowest BCUT2D eigenvalue weighted by molar-refractivity contribution is -0.145. The second-order valence-electron chi connectivity index (χ2n) is 15.6. The maximum atomic E-state index is 15.3. The Bertz CT molecular complexity index is 2120. The molecule has 12 heteroatoms. The van der Waals surface area contributed by atoms with Crippen LogP contribution in [0.2, 0.25) is 18.6 Å². The molecule has 0 saturated carbocycles. The van der Waals surface area contributed by atoms with Gasteiger partial charge in [-0.15, -0.1) is 5.10 Å². The molecule has 0 bridgehead atoms. The maximum Gasteiger partial charge on any atom is 0.297 e. The van der Waals surface area contributed by atoms with E-state index in [9.17, 15) is 9.90 Å². The predicted octanol–water partition coefficient (Wildman–Crippen LogP) is 6.33. The molecule has 0 radical (unpaired) electrons. The number of anilines is 1. The van der Waals surface area contributed by atoms with E-state index in [0.29, 0.717) is 31.6 Å². The Labute approximate surface area is 325 Å². The van der Waals surface area contributed by atoms with Gasteiger partial charge in [0.2, 0.25) is 0 Å². The molecule has 4 atom stereocenters. The zero-order valence-corrected chi connectivity index (χ0v) is 34.4. The smallest absolute Gasteiger partial charge is 0.297 e. The summed E-state index contributed by atoms with van der Waals surface area (Å²) in [5.74, 6) is 0.717. The Balaban J connectivity index is 1.47. The van der Waals surface area contributed by atoms with Crippen LogP contribution in [0.1, 0.15) is 58.2 Å². The van der Waals surface area contributed by atoms with Gasteiger partial charge in [0, 0.05) is 55.7 Å². The van der Waals surface area contributed by atoms with E-state index >= 15 is 4.79 Å². The van der Waals surface area contributed by atoms with Gasteiger partial charge in [-0.2, -0.15) is 0 Å². The SMILES string of the molecule is COc1ccc([Si](C)(C)[C@@H]2[C@@H](CCn3cc(CCO)nn3)O[C@]3(C(=O)N(C/C=C(\C)CCC=C(C)C)c4ccc(-n5cccc(OC)c5=O)cc43)[C@H]2C)cc1. The molecule has 2 aromatic carbocycles. The molecule has 11 nitrogen and oxygen atoms in total. The number of hydrogen-bond acceptors (Lipinski definition) is 8. The highest BCUT2D eigenvalue weighted by molar-refractivity contribution is 6.91. The molecule has 4 aromatic rings. The monoisotopic (exact) mass is 765 g/mol. The van der Waals surface area contributed by atoms with E-state index in [2.05, 4.69) is 75.4 Å². The highest BCUT2D eigenvalue weighted by Crippen LogP contribution is 2.60. The number of nitrogens with zero attached hydrogens (tertiary/aromatic N) is 5. The summed E-state index contributed by atoms with van der Waals surface area (Å²) in [6, 6.07) is 17.6. The van der Waals surface area contributed by atoms with Crippen LogP contribution in [0.3, 0.4) is 0 Å². The third-order valence-corrected chi connectivity index (χ3v) is 15.9. The summed E-state index contributed by atoms with van der Waals surface area (Å²) in [4.78, 5) is 30.7. The number of rotatable bonds is 15. The quantitative estimate of drug-likeness (QED) is 0.110. The maximum absolute atomic E-state index is 15.3. The number of carbonyl (C=O) groups excluding carboxylic acids is 1. The van der Waals surface area contributed by atoms with Crippen molar-refractivity contribution in [2.75, 3.05) is 32.3 Å². The molecule has 2 aliphatic rings. The average Bonchev–Trinajstić information content (AvgIpc) is 3.82. The normalized spacial score (nSPS) is 21.0. The number of aryl methyl sites for hydroxylation is 1. The van der Waals surface area contributed by atoms with Gasteiger partial charge in [0.25, 0.3) is 11.5 Å². The van der Waals surface area contributed by atoms with Crippen molar-refractivity contribution in [3.8, 4) is 17.2 Å². The van der Waals surface area contributed by atoms with Crippen molar-refractivity contribution >= 4 is 24.9 Å². The van der Waals surface area contributed by atoms with Crippen LogP contribution in [0.4, 0.5) is 5.69 Å². The van der Waals surface area contributed by atoms with Gasteiger partial charge in [-0.05, 0) is 88.0 Å². The minimum absolute atomic E-state index is 0.000253. The summed E-state index contributed by atoms with van der Waals surface area (Å²) in [7, 11) is 0.757. The third kappa shape index (κ3) is 7.72. The number of fused-ring (bicyclic) bond motifs is 2. The molecule has 0 unspecified atom stereocenters. The van der Waals surface area contributed by atoms with Gasteiger partial charge in [0.1, 0.15) is 5.75 Å². The summed E-state index contributed by atoms with van der Waals surface area (Å²) in [5, 5.41) is 19.3. The Hall–Kier alpha value is -4.78. The van der Waals surface area contributed by atoms with E-state index in [-0.39, 0.29) is 41.4 Å². The van der Waals surface area contributed by atoms with Gasteiger partial charge in [-0.25, -0.2) is 0 Å². The van der Waals surface area contributed by atoms with Gasteiger partial charge < -0.3 is 24.2 Å². The fraction of sp³-hybridized carbons (Fsp3) is 0.442. The molecule has 1 N–H and O–H groups in total. The number of allylic oxidation sites excluding steroid dienone is 3. The van der Waals surface area contributed by atoms with Gasteiger partial charge in [-0.1, -0.05) is 65.8 Å². The van der Waals surface area contributed by atoms with Crippen LogP contribution >= 0.6 is 0 Å². The molecule has 4 heterocycles. The number of amides is 1. The second kappa shape index (κ2) is 16.5. The summed E-state index contributed by atoms with van der Waals surface area (Å²) < 4.78 is 21.6. The molecule has 2 aromatic heterocycles. The topological polar surface area (TPSA) is 121 Å². The molecule has 0 aliphatic carbocycles. The number of ether oxygens (including phenoxy) is 3. The van der Waals surface area contributed by atoms with Crippen LogP contribution in [0.15, 0.2) is 95.1 Å². The van der Waals surface area contributed by atoms with E-state index in [0.717, 1.165) is 35.5 Å². The molecule has 1 amide bonds. The van der Waals surface area contributed by atoms with E-state index in [1.54, 1.807) is 34.7 Å². The first-order valence-electron chi connectivity index (χ1n) is 19.2. The molecule has 2 aliphatic heterocycles.